The first-order valence-electron chi connectivity index (χ1n) is 6.34. The van der Waals surface area contributed by atoms with Gasteiger partial charge in [-0.25, -0.2) is 13.4 Å². The summed E-state index contributed by atoms with van der Waals surface area (Å²) in [5.41, 5.74) is 6.39. The highest BCUT2D eigenvalue weighted by molar-refractivity contribution is 7.99. The van der Waals surface area contributed by atoms with E-state index in [4.69, 9.17) is 5.73 Å². The number of nitrogens with zero attached hydrogens (tertiary/aromatic N) is 3. The predicted molar refractivity (Wildman–Crippen MR) is 80.3 cm³/mol. The topological polar surface area (TPSA) is 80.7 Å². The highest BCUT2D eigenvalue weighted by Gasteiger charge is 2.35. The maximum Gasteiger partial charge on any atom is 0.263 e. The molecule has 6 nitrogen and oxygen atoms in total. The maximum atomic E-state index is 12.9. The molecule has 0 saturated carbocycles. The van der Waals surface area contributed by atoms with E-state index in [1.54, 1.807) is 40.6 Å². The Morgan fingerprint density at radius 1 is 1.45 bits per heavy atom. The number of fused-ring (bicyclic) bond motifs is 1. The van der Waals surface area contributed by atoms with Crippen molar-refractivity contribution in [2.24, 2.45) is 0 Å². The fourth-order valence-electron chi connectivity index (χ4n) is 2.43. The molecule has 20 heavy (non-hydrogen) atoms. The van der Waals surface area contributed by atoms with Gasteiger partial charge in [-0.05, 0) is 19.1 Å². The standard InChI is InChI=1S/C12H16N4O2S2/c1-9-8-19-7-6-16(9)20(17,18)12-11(13)14-10-4-2-3-5-15(10)12/h2-5,9H,6-8,13H2,1H3. The summed E-state index contributed by atoms with van der Waals surface area (Å²) in [6.45, 7) is 2.43. The molecular weight excluding hydrogens is 296 g/mol. The van der Waals surface area contributed by atoms with Crippen molar-refractivity contribution in [3.8, 4) is 0 Å². The third-order valence-electron chi connectivity index (χ3n) is 3.37. The molecule has 0 spiro atoms. The summed E-state index contributed by atoms with van der Waals surface area (Å²) in [6.07, 6.45) is 1.68. The zero-order valence-corrected chi connectivity index (χ0v) is 12.7. The molecule has 3 rings (SSSR count). The van der Waals surface area contributed by atoms with Crippen molar-refractivity contribution in [2.45, 2.75) is 18.0 Å². The van der Waals surface area contributed by atoms with Gasteiger partial charge in [-0.2, -0.15) is 16.1 Å². The molecule has 0 bridgehead atoms. The first-order chi connectivity index (χ1) is 9.51. The van der Waals surface area contributed by atoms with Crippen LogP contribution >= 0.6 is 11.8 Å². The Hall–Kier alpha value is -1.25. The lowest BCUT2D eigenvalue weighted by Gasteiger charge is -2.31. The molecule has 1 aliphatic heterocycles. The Bertz CT molecular complexity index is 741. The van der Waals surface area contributed by atoms with Gasteiger partial charge in [0.2, 0.25) is 0 Å². The van der Waals surface area contributed by atoms with E-state index in [0.717, 1.165) is 11.5 Å². The smallest absolute Gasteiger partial charge is 0.263 e. The lowest BCUT2D eigenvalue weighted by Crippen LogP contribution is -2.44. The molecule has 3 heterocycles. The van der Waals surface area contributed by atoms with Crippen LogP contribution in [-0.4, -0.2) is 46.2 Å². The van der Waals surface area contributed by atoms with Gasteiger partial charge in [0.05, 0.1) is 0 Å². The van der Waals surface area contributed by atoms with E-state index < -0.39 is 10.0 Å². The van der Waals surface area contributed by atoms with E-state index in [2.05, 4.69) is 4.98 Å². The van der Waals surface area contributed by atoms with Crippen molar-refractivity contribution in [1.29, 1.82) is 0 Å². The molecule has 1 unspecified atom stereocenters. The van der Waals surface area contributed by atoms with Crippen LogP contribution in [0.2, 0.25) is 0 Å². The molecule has 0 aromatic carbocycles. The number of nitrogens with two attached hydrogens (primary N) is 1. The highest BCUT2D eigenvalue weighted by atomic mass is 32.2. The lowest BCUT2D eigenvalue weighted by atomic mass is 10.4. The van der Waals surface area contributed by atoms with Gasteiger partial charge in [-0.3, -0.25) is 4.40 Å². The van der Waals surface area contributed by atoms with Gasteiger partial charge in [0.25, 0.3) is 10.0 Å². The second-order valence-electron chi connectivity index (χ2n) is 4.77. The molecule has 1 atom stereocenters. The fourth-order valence-corrected chi connectivity index (χ4v) is 5.47. The van der Waals surface area contributed by atoms with Gasteiger partial charge in [0.15, 0.2) is 10.8 Å². The minimum absolute atomic E-state index is 0.0348. The van der Waals surface area contributed by atoms with Crippen LogP contribution in [0.3, 0.4) is 0 Å². The largest absolute Gasteiger partial charge is 0.381 e. The van der Waals surface area contributed by atoms with E-state index in [-0.39, 0.29) is 16.9 Å². The number of hydrogen-bond donors (Lipinski definition) is 1. The van der Waals surface area contributed by atoms with Crippen LogP contribution in [-0.2, 0) is 10.0 Å². The number of nitrogen functional groups attached to an aromatic ring is 1. The molecule has 1 aliphatic rings. The van der Waals surface area contributed by atoms with Crippen molar-refractivity contribution in [2.75, 3.05) is 23.8 Å². The molecule has 0 radical (unpaired) electrons. The minimum Gasteiger partial charge on any atom is -0.381 e. The quantitative estimate of drug-likeness (QED) is 0.896. The van der Waals surface area contributed by atoms with Crippen LogP contribution in [0.15, 0.2) is 29.4 Å². The van der Waals surface area contributed by atoms with Crippen LogP contribution in [0.1, 0.15) is 6.92 Å². The molecule has 108 valence electrons. The Labute approximate surface area is 122 Å². The Balaban J connectivity index is 2.16. The number of imidazole rings is 1. The van der Waals surface area contributed by atoms with Crippen molar-refractivity contribution < 1.29 is 8.42 Å². The Morgan fingerprint density at radius 3 is 3.00 bits per heavy atom. The van der Waals surface area contributed by atoms with Gasteiger partial charge in [0.1, 0.15) is 5.65 Å². The Morgan fingerprint density at radius 2 is 2.25 bits per heavy atom. The third kappa shape index (κ3) is 2.07. The molecule has 0 aliphatic carbocycles. The van der Waals surface area contributed by atoms with Crippen molar-refractivity contribution in [3.63, 3.8) is 0 Å². The SMILES string of the molecule is CC1CSCCN1S(=O)(=O)c1c(N)nc2ccccn12. The van der Waals surface area contributed by atoms with Crippen LogP contribution < -0.4 is 5.73 Å². The second kappa shape index (κ2) is 4.94. The summed E-state index contributed by atoms with van der Waals surface area (Å²) >= 11 is 1.77. The molecule has 8 heteroatoms. The van der Waals surface area contributed by atoms with Gasteiger partial charge in [-0.15, -0.1) is 0 Å². The summed E-state index contributed by atoms with van der Waals surface area (Å²) in [6, 6.07) is 5.28. The monoisotopic (exact) mass is 312 g/mol. The number of rotatable bonds is 2. The molecule has 2 N–H and O–H groups in total. The van der Waals surface area contributed by atoms with Crippen molar-refractivity contribution >= 4 is 33.3 Å². The number of anilines is 1. The summed E-state index contributed by atoms with van der Waals surface area (Å²) in [4.78, 5) is 4.13. The van der Waals surface area contributed by atoms with Crippen molar-refractivity contribution in [3.05, 3.63) is 24.4 Å². The van der Waals surface area contributed by atoms with Crippen LogP contribution in [0.4, 0.5) is 5.82 Å². The zero-order chi connectivity index (χ0) is 14.3. The molecule has 1 saturated heterocycles. The summed E-state index contributed by atoms with van der Waals surface area (Å²) in [5.74, 6) is 1.66. The lowest BCUT2D eigenvalue weighted by molar-refractivity contribution is 0.366. The number of thioether (sulfide) groups is 1. The molecule has 2 aromatic rings. The minimum atomic E-state index is -3.63. The number of hydrogen-bond acceptors (Lipinski definition) is 5. The molecule has 2 aromatic heterocycles. The molecular formula is C12H16N4O2S2. The zero-order valence-electron chi connectivity index (χ0n) is 11.1. The normalized spacial score (nSPS) is 21.4. The van der Waals surface area contributed by atoms with Crippen LogP contribution in [0.25, 0.3) is 5.65 Å². The third-order valence-corrected chi connectivity index (χ3v) is 6.61. The molecule has 1 fully saturated rings. The number of sulfonamides is 1. The molecule has 0 amide bonds. The summed E-state index contributed by atoms with van der Waals surface area (Å²) in [7, 11) is -3.63. The van der Waals surface area contributed by atoms with E-state index >= 15 is 0 Å². The van der Waals surface area contributed by atoms with Crippen LogP contribution in [0, 0.1) is 0 Å². The fraction of sp³-hybridized carbons (Fsp3) is 0.417. The van der Waals surface area contributed by atoms with Gasteiger partial charge >= 0.3 is 0 Å². The summed E-state index contributed by atoms with van der Waals surface area (Å²) < 4.78 is 28.8. The average molecular weight is 312 g/mol. The average Bonchev–Trinajstić information content (AvgIpc) is 2.75. The van der Waals surface area contributed by atoms with Gasteiger partial charge in [0, 0.05) is 30.3 Å². The van der Waals surface area contributed by atoms with Crippen LogP contribution in [0.5, 0.6) is 0 Å². The highest BCUT2D eigenvalue weighted by Crippen LogP contribution is 2.28. The second-order valence-corrected chi connectivity index (χ2v) is 7.73. The van der Waals surface area contributed by atoms with E-state index in [1.807, 2.05) is 6.92 Å². The van der Waals surface area contributed by atoms with Gasteiger partial charge in [-0.1, -0.05) is 6.07 Å². The maximum absolute atomic E-state index is 12.9. The Kier molecular flexibility index (Phi) is 3.39. The first-order valence-corrected chi connectivity index (χ1v) is 8.93. The van der Waals surface area contributed by atoms with E-state index in [9.17, 15) is 8.42 Å². The van der Waals surface area contributed by atoms with Gasteiger partial charge < -0.3 is 5.73 Å². The predicted octanol–water partition coefficient (Wildman–Crippen LogP) is 1.04. The van der Waals surface area contributed by atoms with E-state index in [0.29, 0.717) is 12.2 Å². The number of aromatic nitrogens is 2. The summed E-state index contributed by atoms with van der Waals surface area (Å²) in [5, 5.41) is 0.0758. The van der Waals surface area contributed by atoms with E-state index in [1.165, 1.54) is 4.31 Å². The van der Waals surface area contributed by atoms with Crippen molar-refractivity contribution in [1.82, 2.24) is 13.7 Å². The number of pyridine rings is 1. The first kappa shape index (κ1) is 13.7.